The third-order valence-electron chi connectivity index (χ3n) is 3.17. The van der Waals surface area contributed by atoms with E-state index in [0.29, 0.717) is 12.1 Å². The van der Waals surface area contributed by atoms with E-state index in [1.54, 1.807) is 0 Å². The van der Waals surface area contributed by atoms with Crippen LogP contribution in [0.2, 0.25) is 0 Å². The molecule has 1 aromatic carbocycles. The average Bonchev–Trinajstić information content (AvgIpc) is 2.60. The van der Waals surface area contributed by atoms with Gasteiger partial charge < -0.3 is 14.8 Å². The molecule has 126 valence electrons. The first-order valence-electron chi connectivity index (χ1n) is 7.57. The number of aromatic nitrogens is 1. The van der Waals surface area contributed by atoms with Gasteiger partial charge in [0.15, 0.2) is 0 Å². The van der Waals surface area contributed by atoms with Crippen LogP contribution in [0.15, 0.2) is 42.6 Å². The minimum atomic E-state index is -0.488. The van der Waals surface area contributed by atoms with Gasteiger partial charge in [-0.2, -0.15) is 0 Å². The van der Waals surface area contributed by atoms with E-state index in [0.717, 1.165) is 11.3 Å². The van der Waals surface area contributed by atoms with E-state index in [2.05, 4.69) is 15.0 Å². The van der Waals surface area contributed by atoms with Crippen molar-refractivity contribution in [1.29, 1.82) is 0 Å². The number of amides is 1. The summed E-state index contributed by atoms with van der Waals surface area (Å²) in [6.45, 7) is 4.31. The fourth-order valence-corrected chi connectivity index (χ4v) is 2.00. The number of hydrogen-bond acceptors (Lipinski definition) is 5. The van der Waals surface area contributed by atoms with Gasteiger partial charge >= 0.3 is 5.97 Å². The lowest BCUT2D eigenvalue weighted by Gasteiger charge is -2.10. The summed E-state index contributed by atoms with van der Waals surface area (Å²) in [7, 11) is 1.29. The molecule has 0 atom stereocenters. The van der Waals surface area contributed by atoms with Crippen LogP contribution in [0.1, 0.15) is 40.3 Å². The third-order valence-corrected chi connectivity index (χ3v) is 3.17. The highest BCUT2D eigenvalue weighted by Crippen LogP contribution is 2.13. The highest BCUT2D eigenvalue weighted by Gasteiger charge is 2.10. The molecular formula is C18H20N2O4. The van der Waals surface area contributed by atoms with Crippen LogP contribution in [0.5, 0.6) is 5.75 Å². The lowest BCUT2D eigenvalue weighted by molar-refractivity contribution is 0.0599. The summed E-state index contributed by atoms with van der Waals surface area (Å²) in [5.74, 6) is -0.00719. The SMILES string of the molecule is COC(=O)c1ccc(C(=O)NCc2ccc(OC(C)C)cc2)nc1. The Bertz CT molecular complexity index is 694. The van der Waals surface area contributed by atoms with Gasteiger partial charge in [0.2, 0.25) is 0 Å². The van der Waals surface area contributed by atoms with Crippen LogP contribution < -0.4 is 10.1 Å². The molecule has 1 heterocycles. The Hall–Kier alpha value is -2.89. The molecule has 1 N–H and O–H groups in total. The summed E-state index contributed by atoms with van der Waals surface area (Å²) < 4.78 is 10.2. The van der Waals surface area contributed by atoms with E-state index < -0.39 is 5.97 Å². The van der Waals surface area contributed by atoms with Gasteiger partial charge in [-0.05, 0) is 43.7 Å². The van der Waals surface area contributed by atoms with Crippen molar-refractivity contribution in [2.45, 2.75) is 26.5 Å². The summed E-state index contributed by atoms with van der Waals surface area (Å²) in [4.78, 5) is 27.4. The first kappa shape index (κ1) is 17.5. The average molecular weight is 328 g/mol. The Morgan fingerprint density at radius 2 is 1.83 bits per heavy atom. The van der Waals surface area contributed by atoms with Crippen molar-refractivity contribution in [2.24, 2.45) is 0 Å². The zero-order chi connectivity index (χ0) is 17.5. The van der Waals surface area contributed by atoms with E-state index >= 15 is 0 Å². The van der Waals surface area contributed by atoms with Crippen LogP contribution in [-0.2, 0) is 11.3 Å². The Labute approximate surface area is 140 Å². The number of carbonyl (C=O) groups excluding carboxylic acids is 2. The Morgan fingerprint density at radius 3 is 2.38 bits per heavy atom. The van der Waals surface area contributed by atoms with Crippen molar-refractivity contribution in [3.63, 3.8) is 0 Å². The molecule has 0 bridgehead atoms. The molecule has 0 aliphatic rings. The van der Waals surface area contributed by atoms with Crippen molar-refractivity contribution in [1.82, 2.24) is 10.3 Å². The summed E-state index contributed by atoms with van der Waals surface area (Å²) in [5, 5.41) is 2.78. The summed E-state index contributed by atoms with van der Waals surface area (Å²) >= 11 is 0. The van der Waals surface area contributed by atoms with E-state index in [4.69, 9.17) is 4.74 Å². The minimum absolute atomic E-state index is 0.120. The quantitative estimate of drug-likeness (QED) is 0.825. The maximum Gasteiger partial charge on any atom is 0.339 e. The number of carbonyl (C=O) groups is 2. The van der Waals surface area contributed by atoms with Crippen LogP contribution in [0.25, 0.3) is 0 Å². The summed E-state index contributed by atoms with van der Waals surface area (Å²) in [6.07, 6.45) is 1.44. The van der Waals surface area contributed by atoms with Gasteiger partial charge in [-0.3, -0.25) is 9.78 Å². The Morgan fingerprint density at radius 1 is 1.12 bits per heavy atom. The highest BCUT2D eigenvalue weighted by atomic mass is 16.5. The predicted octanol–water partition coefficient (Wildman–Crippen LogP) is 2.59. The van der Waals surface area contributed by atoms with Crippen LogP contribution >= 0.6 is 0 Å². The normalized spacial score (nSPS) is 10.3. The zero-order valence-corrected chi connectivity index (χ0v) is 13.9. The molecule has 0 aliphatic carbocycles. The van der Waals surface area contributed by atoms with Gasteiger partial charge in [0.05, 0.1) is 18.8 Å². The molecule has 0 unspecified atom stereocenters. The maximum absolute atomic E-state index is 12.1. The number of rotatable bonds is 6. The number of benzene rings is 1. The second kappa shape index (κ2) is 8.10. The fraction of sp³-hybridized carbons (Fsp3) is 0.278. The van der Waals surface area contributed by atoms with Crippen molar-refractivity contribution in [3.05, 3.63) is 59.4 Å². The fourth-order valence-electron chi connectivity index (χ4n) is 2.00. The first-order valence-corrected chi connectivity index (χ1v) is 7.57. The maximum atomic E-state index is 12.1. The monoisotopic (exact) mass is 328 g/mol. The molecule has 6 nitrogen and oxygen atoms in total. The van der Waals surface area contributed by atoms with E-state index in [9.17, 15) is 9.59 Å². The molecule has 2 aromatic rings. The number of nitrogens with one attached hydrogen (secondary N) is 1. The van der Waals surface area contributed by atoms with E-state index in [-0.39, 0.29) is 17.7 Å². The molecule has 0 spiro atoms. The second-order valence-corrected chi connectivity index (χ2v) is 5.42. The molecular weight excluding hydrogens is 308 g/mol. The first-order chi connectivity index (χ1) is 11.5. The molecule has 0 saturated carbocycles. The Kier molecular flexibility index (Phi) is 5.89. The predicted molar refractivity (Wildman–Crippen MR) is 89.0 cm³/mol. The van der Waals surface area contributed by atoms with Crippen LogP contribution in [-0.4, -0.2) is 30.1 Å². The molecule has 24 heavy (non-hydrogen) atoms. The van der Waals surface area contributed by atoms with Crippen molar-refractivity contribution < 1.29 is 19.1 Å². The van der Waals surface area contributed by atoms with E-state index in [1.165, 1.54) is 25.4 Å². The van der Waals surface area contributed by atoms with Crippen LogP contribution in [0.4, 0.5) is 0 Å². The van der Waals surface area contributed by atoms with Crippen molar-refractivity contribution in [2.75, 3.05) is 7.11 Å². The molecule has 0 saturated heterocycles. The van der Waals surface area contributed by atoms with Gasteiger partial charge in [0.1, 0.15) is 11.4 Å². The van der Waals surface area contributed by atoms with Crippen molar-refractivity contribution in [3.8, 4) is 5.75 Å². The molecule has 1 amide bonds. The molecule has 6 heteroatoms. The number of pyridine rings is 1. The van der Waals surface area contributed by atoms with Gasteiger partial charge in [-0.15, -0.1) is 0 Å². The minimum Gasteiger partial charge on any atom is -0.491 e. The van der Waals surface area contributed by atoms with Gasteiger partial charge in [0.25, 0.3) is 5.91 Å². The smallest absolute Gasteiger partial charge is 0.339 e. The Balaban J connectivity index is 1.91. The van der Waals surface area contributed by atoms with Gasteiger partial charge in [-0.1, -0.05) is 12.1 Å². The summed E-state index contributed by atoms with van der Waals surface area (Å²) in [6, 6.07) is 10.5. The number of esters is 1. The standard InChI is InChI=1S/C18H20N2O4/c1-12(2)24-15-7-4-13(5-8-15)10-20-17(21)16-9-6-14(11-19-16)18(22)23-3/h4-9,11-12H,10H2,1-3H3,(H,20,21). The van der Waals surface area contributed by atoms with Crippen molar-refractivity contribution >= 4 is 11.9 Å². The number of methoxy groups -OCH3 is 1. The molecule has 0 radical (unpaired) electrons. The number of ether oxygens (including phenoxy) is 2. The second-order valence-electron chi connectivity index (χ2n) is 5.42. The summed E-state index contributed by atoms with van der Waals surface area (Å²) in [5.41, 5.74) is 1.49. The van der Waals surface area contributed by atoms with Gasteiger partial charge in [-0.25, -0.2) is 4.79 Å². The van der Waals surface area contributed by atoms with Gasteiger partial charge in [0, 0.05) is 12.7 Å². The third kappa shape index (κ3) is 4.81. The number of hydrogen-bond donors (Lipinski definition) is 1. The number of nitrogens with zero attached hydrogens (tertiary/aromatic N) is 1. The van der Waals surface area contributed by atoms with Crippen LogP contribution in [0.3, 0.4) is 0 Å². The lowest BCUT2D eigenvalue weighted by atomic mass is 10.2. The topological polar surface area (TPSA) is 77.5 Å². The molecule has 1 aromatic heterocycles. The molecule has 0 aliphatic heterocycles. The highest BCUT2D eigenvalue weighted by molar-refractivity contribution is 5.94. The van der Waals surface area contributed by atoms with E-state index in [1.807, 2.05) is 38.1 Å². The molecule has 0 fully saturated rings. The van der Waals surface area contributed by atoms with Crippen LogP contribution in [0, 0.1) is 0 Å². The lowest BCUT2D eigenvalue weighted by Crippen LogP contribution is -2.23. The molecule has 2 rings (SSSR count). The zero-order valence-electron chi connectivity index (χ0n) is 13.9. The largest absolute Gasteiger partial charge is 0.491 e.